The summed E-state index contributed by atoms with van der Waals surface area (Å²) >= 11 is 0. The Bertz CT molecular complexity index is 289. The number of aliphatic hydroxyl groups is 1. The van der Waals surface area contributed by atoms with Gasteiger partial charge in [-0.05, 0) is 30.9 Å². The minimum absolute atomic E-state index is 0.263. The van der Waals surface area contributed by atoms with Crippen molar-refractivity contribution in [2.24, 2.45) is 5.92 Å². The van der Waals surface area contributed by atoms with Gasteiger partial charge in [-0.15, -0.1) is 0 Å². The van der Waals surface area contributed by atoms with E-state index >= 15 is 0 Å². The third-order valence-corrected chi connectivity index (χ3v) is 2.66. The third-order valence-electron chi connectivity index (χ3n) is 2.66. The smallest absolute Gasteiger partial charge is 0.157 e. The number of hydrogen-bond acceptors (Lipinski definition) is 3. The maximum atomic E-state index is 9.58. The lowest BCUT2D eigenvalue weighted by molar-refractivity contribution is -0.109. The van der Waals surface area contributed by atoms with Gasteiger partial charge in [0.2, 0.25) is 0 Å². The van der Waals surface area contributed by atoms with Gasteiger partial charge in [0.25, 0.3) is 0 Å². The van der Waals surface area contributed by atoms with Crippen LogP contribution in [0.2, 0.25) is 0 Å². The number of aliphatic hydroxyl groups excluding tert-OH is 1. The predicted molar refractivity (Wildman–Crippen MR) is 52.7 cm³/mol. The zero-order valence-corrected chi connectivity index (χ0v) is 8.26. The highest BCUT2D eigenvalue weighted by molar-refractivity contribution is 5.22. The van der Waals surface area contributed by atoms with E-state index in [0.29, 0.717) is 12.5 Å². The van der Waals surface area contributed by atoms with Gasteiger partial charge < -0.3 is 9.84 Å². The molecule has 2 rings (SSSR count). The summed E-state index contributed by atoms with van der Waals surface area (Å²) < 4.78 is 5.15. The molecule has 0 amide bonds. The van der Waals surface area contributed by atoms with Crippen LogP contribution < -0.4 is 0 Å². The summed E-state index contributed by atoms with van der Waals surface area (Å²) in [6.07, 6.45) is 4.03. The Morgan fingerprint density at radius 1 is 1.71 bits per heavy atom. The Morgan fingerprint density at radius 2 is 2.57 bits per heavy atom. The second-order valence-electron chi connectivity index (χ2n) is 3.64. The molecule has 0 aliphatic heterocycles. The van der Waals surface area contributed by atoms with Crippen LogP contribution in [0.4, 0.5) is 0 Å². The van der Waals surface area contributed by atoms with Crippen molar-refractivity contribution >= 4 is 0 Å². The number of hydrogen-bond donors (Lipinski definition) is 1. The largest absolute Gasteiger partial charge is 0.368 e. The Hall–Kier alpha value is -0.930. The zero-order valence-electron chi connectivity index (χ0n) is 8.26. The molecule has 1 aliphatic carbocycles. The molecule has 1 unspecified atom stereocenters. The lowest BCUT2D eigenvalue weighted by Gasteiger charge is -2.09. The molecule has 1 saturated carbocycles. The van der Waals surface area contributed by atoms with E-state index in [2.05, 4.69) is 11.1 Å². The Kier molecular flexibility index (Phi) is 2.79. The first-order chi connectivity index (χ1) is 6.83. The number of ether oxygens (including phenoxy) is 1. The monoisotopic (exact) mass is 193 g/mol. The van der Waals surface area contributed by atoms with Gasteiger partial charge in [-0.1, -0.05) is 6.07 Å². The fraction of sp³-hybridized carbons (Fsp3) is 0.545. The topological polar surface area (TPSA) is 42.4 Å². The molecular weight excluding hydrogens is 178 g/mol. The van der Waals surface area contributed by atoms with Crippen LogP contribution in [0, 0.1) is 5.92 Å². The van der Waals surface area contributed by atoms with E-state index < -0.39 is 6.29 Å². The van der Waals surface area contributed by atoms with Crippen molar-refractivity contribution in [3.05, 3.63) is 30.1 Å². The van der Waals surface area contributed by atoms with Gasteiger partial charge in [0, 0.05) is 24.9 Å². The van der Waals surface area contributed by atoms with Crippen molar-refractivity contribution in [2.45, 2.75) is 25.6 Å². The zero-order chi connectivity index (χ0) is 9.97. The molecule has 1 aromatic heterocycles. The maximum Gasteiger partial charge on any atom is 0.157 e. The number of nitrogens with zero attached hydrogens (tertiary/aromatic N) is 1. The fourth-order valence-electron chi connectivity index (χ4n) is 1.80. The van der Waals surface area contributed by atoms with Crippen molar-refractivity contribution < 1.29 is 9.84 Å². The van der Waals surface area contributed by atoms with Gasteiger partial charge in [-0.3, -0.25) is 4.98 Å². The quantitative estimate of drug-likeness (QED) is 0.737. The molecule has 76 valence electrons. The van der Waals surface area contributed by atoms with Crippen LogP contribution in [0.3, 0.4) is 0 Å². The summed E-state index contributed by atoms with van der Waals surface area (Å²) in [5, 5.41) is 9.58. The number of rotatable bonds is 4. The van der Waals surface area contributed by atoms with Crippen LogP contribution in [0.1, 0.15) is 24.8 Å². The van der Waals surface area contributed by atoms with E-state index in [1.54, 1.807) is 6.20 Å². The highest BCUT2D eigenvalue weighted by Crippen LogP contribution is 2.49. The van der Waals surface area contributed by atoms with Crippen LogP contribution >= 0.6 is 0 Å². The Morgan fingerprint density at radius 3 is 3.21 bits per heavy atom. The lowest BCUT2D eigenvalue weighted by atomic mass is 10.1. The maximum absolute atomic E-state index is 9.58. The first-order valence-electron chi connectivity index (χ1n) is 5.02. The van der Waals surface area contributed by atoms with Crippen LogP contribution in [0.25, 0.3) is 0 Å². The van der Waals surface area contributed by atoms with E-state index in [4.69, 9.17) is 4.74 Å². The van der Waals surface area contributed by atoms with Gasteiger partial charge in [-0.25, -0.2) is 0 Å². The van der Waals surface area contributed by atoms with Crippen molar-refractivity contribution in [1.29, 1.82) is 0 Å². The van der Waals surface area contributed by atoms with E-state index in [-0.39, 0.29) is 5.92 Å². The lowest BCUT2D eigenvalue weighted by Crippen LogP contribution is -2.14. The van der Waals surface area contributed by atoms with Crippen molar-refractivity contribution in [3.63, 3.8) is 0 Å². The molecule has 1 fully saturated rings. The minimum Gasteiger partial charge on any atom is -0.368 e. The molecule has 0 bridgehead atoms. The van der Waals surface area contributed by atoms with Crippen LogP contribution in [0.5, 0.6) is 0 Å². The molecule has 1 aliphatic rings. The van der Waals surface area contributed by atoms with Crippen LogP contribution in [-0.4, -0.2) is 23.0 Å². The highest BCUT2D eigenvalue weighted by Gasteiger charge is 2.43. The molecule has 0 spiro atoms. The summed E-state index contributed by atoms with van der Waals surface area (Å²) in [5.74, 6) is 0.699. The van der Waals surface area contributed by atoms with Crippen LogP contribution in [0.15, 0.2) is 24.5 Å². The van der Waals surface area contributed by atoms with Crippen molar-refractivity contribution in [2.75, 3.05) is 6.61 Å². The average molecular weight is 193 g/mol. The molecule has 3 nitrogen and oxygen atoms in total. The molecule has 3 atom stereocenters. The fourth-order valence-corrected chi connectivity index (χ4v) is 1.80. The highest BCUT2D eigenvalue weighted by atomic mass is 16.6. The van der Waals surface area contributed by atoms with Gasteiger partial charge in [-0.2, -0.15) is 0 Å². The molecule has 1 N–H and O–H groups in total. The molecule has 1 aromatic rings. The van der Waals surface area contributed by atoms with E-state index in [9.17, 15) is 5.11 Å². The number of aromatic nitrogens is 1. The van der Waals surface area contributed by atoms with E-state index in [1.165, 1.54) is 5.56 Å². The summed E-state index contributed by atoms with van der Waals surface area (Å²) in [7, 11) is 0. The first-order valence-corrected chi connectivity index (χ1v) is 5.02. The second-order valence-corrected chi connectivity index (χ2v) is 3.64. The summed E-state index contributed by atoms with van der Waals surface area (Å²) in [4.78, 5) is 4.06. The SMILES string of the molecule is CCOC(O)[C@H]1C[C@@H]1c1cccnc1. The molecule has 0 aromatic carbocycles. The molecule has 1 heterocycles. The minimum atomic E-state index is -0.606. The third kappa shape index (κ3) is 1.94. The Balaban J connectivity index is 1.93. The Labute approximate surface area is 83.7 Å². The van der Waals surface area contributed by atoms with Crippen molar-refractivity contribution in [3.8, 4) is 0 Å². The first kappa shape index (κ1) is 9.62. The van der Waals surface area contributed by atoms with Gasteiger partial charge in [0.1, 0.15) is 0 Å². The summed E-state index contributed by atoms with van der Waals surface area (Å²) in [6.45, 7) is 2.46. The standard InChI is InChI=1S/C11H15NO2/c1-2-14-11(13)10-6-9(10)8-4-3-5-12-7-8/h3-5,7,9-11,13H,2,6H2,1H3/t9-,10+,11?/m1/s1. The van der Waals surface area contributed by atoms with E-state index in [1.807, 2.05) is 19.2 Å². The van der Waals surface area contributed by atoms with Crippen LogP contribution in [-0.2, 0) is 4.74 Å². The molecule has 0 saturated heterocycles. The normalized spacial score (nSPS) is 27.3. The van der Waals surface area contributed by atoms with E-state index in [0.717, 1.165) is 6.42 Å². The second kappa shape index (κ2) is 4.07. The van der Waals surface area contributed by atoms with Gasteiger partial charge >= 0.3 is 0 Å². The van der Waals surface area contributed by atoms with Gasteiger partial charge in [0.05, 0.1) is 0 Å². The molecule has 14 heavy (non-hydrogen) atoms. The summed E-state index contributed by atoms with van der Waals surface area (Å²) in [6, 6.07) is 3.98. The average Bonchev–Trinajstić information content (AvgIpc) is 2.99. The van der Waals surface area contributed by atoms with Crippen molar-refractivity contribution in [1.82, 2.24) is 4.98 Å². The predicted octanol–water partition coefficient (Wildman–Crippen LogP) is 1.54. The summed E-state index contributed by atoms with van der Waals surface area (Å²) in [5.41, 5.74) is 1.20. The van der Waals surface area contributed by atoms with Gasteiger partial charge in [0.15, 0.2) is 6.29 Å². The molecule has 3 heteroatoms. The molecule has 0 radical (unpaired) electrons. The molecular formula is C11H15NO2. The number of pyridine rings is 1.